The van der Waals surface area contributed by atoms with Crippen LogP contribution in [0.3, 0.4) is 0 Å². The largest absolute Gasteiger partial charge is 0.340 e. The lowest BCUT2D eigenvalue weighted by molar-refractivity contribution is -0.136. The Morgan fingerprint density at radius 3 is 2.04 bits per heavy atom. The molecule has 1 aliphatic rings. The lowest BCUT2D eigenvalue weighted by Gasteiger charge is -2.38. The number of piperazine rings is 1. The van der Waals surface area contributed by atoms with Crippen LogP contribution >= 0.6 is 23.2 Å². The van der Waals surface area contributed by atoms with E-state index in [4.69, 9.17) is 23.2 Å². The number of nitrogens with zero attached hydrogens (tertiary/aromatic N) is 2. The summed E-state index contributed by atoms with van der Waals surface area (Å²) in [4.78, 5) is 28.4. The standard InChI is InChI=1S/C17H23Cl2N3O2/c1-11(2)17(24)22-6-4-21(5-7-22)12(3)16(23)20-15-9-13(18)8-14(19)10-15/h8-12H,4-7H2,1-3H3,(H,20,23). The molecule has 2 amide bonds. The van der Waals surface area contributed by atoms with Gasteiger partial charge in [-0.05, 0) is 25.1 Å². The average Bonchev–Trinajstić information content (AvgIpc) is 2.52. The third kappa shape index (κ3) is 4.85. The highest BCUT2D eigenvalue weighted by molar-refractivity contribution is 6.35. The van der Waals surface area contributed by atoms with Gasteiger partial charge in [-0.2, -0.15) is 0 Å². The third-order valence-corrected chi connectivity index (χ3v) is 4.61. The van der Waals surface area contributed by atoms with Crippen molar-refractivity contribution >= 4 is 40.7 Å². The molecule has 0 aromatic heterocycles. The minimum absolute atomic E-state index is 0.00449. The number of benzene rings is 1. The van der Waals surface area contributed by atoms with E-state index >= 15 is 0 Å². The monoisotopic (exact) mass is 371 g/mol. The quantitative estimate of drug-likeness (QED) is 0.884. The van der Waals surface area contributed by atoms with Crippen LogP contribution in [0.15, 0.2) is 18.2 Å². The fraction of sp³-hybridized carbons (Fsp3) is 0.529. The van der Waals surface area contributed by atoms with Gasteiger partial charge in [0.05, 0.1) is 6.04 Å². The fourth-order valence-corrected chi connectivity index (χ4v) is 3.26. The summed E-state index contributed by atoms with van der Waals surface area (Å²) in [7, 11) is 0. The molecule has 1 atom stereocenters. The van der Waals surface area contributed by atoms with Gasteiger partial charge >= 0.3 is 0 Å². The Morgan fingerprint density at radius 1 is 1.00 bits per heavy atom. The van der Waals surface area contributed by atoms with E-state index in [1.54, 1.807) is 18.2 Å². The maximum atomic E-state index is 12.4. The average molecular weight is 372 g/mol. The molecule has 0 spiro atoms. The maximum absolute atomic E-state index is 12.4. The van der Waals surface area contributed by atoms with Gasteiger partial charge in [-0.3, -0.25) is 14.5 Å². The summed E-state index contributed by atoms with van der Waals surface area (Å²) in [6.07, 6.45) is 0. The van der Waals surface area contributed by atoms with Crippen LogP contribution in [0.5, 0.6) is 0 Å². The summed E-state index contributed by atoms with van der Waals surface area (Å²) >= 11 is 11.9. The molecule has 1 saturated heterocycles. The molecule has 0 saturated carbocycles. The van der Waals surface area contributed by atoms with Crippen molar-refractivity contribution in [2.75, 3.05) is 31.5 Å². The molecule has 1 N–H and O–H groups in total. The summed E-state index contributed by atoms with van der Waals surface area (Å²) in [6.45, 7) is 8.34. The lowest BCUT2D eigenvalue weighted by Crippen LogP contribution is -2.54. The molecule has 132 valence electrons. The first-order chi connectivity index (χ1) is 11.3. The number of hydrogen-bond donors (Lipinski definition) is 1. The van der Waals surface area contributed by atoms with E-state index in [2.05, 4.69) is 10.2 Å². The first kappa shape index (κ1) is 19.0. The summed E-state index contributed by atoms with van der Waals surface area (Å²) in [5.41, 5.74) is 0.581. The molecule has 1 aromatic carbocycles. The van der Waals surface area contributed by atoms with Gasteiger partial charge in [-0.1, -0.05) is 37.0 Å². The molecular weight excluding hydrogens is 349 g/mol. The van der Waals surface area contributed by atoms with Crippen molar-refractivity contribution in [2.45, 2.75) is 26.8 Å². The Bertz CT molecular complexity index is 594. The van der Waals surface area contributed by atoms with Crippen LogP contribution < -0.4 is 5.32 Å². The zero-order chi connectivity index (χ0) is 17.9. The molecule has 0 aliphatic carbocycles. The number of hydrogen-bond acceptors (Lipinski definition) is 3. The number of halogens is 2. The van der Waals surface area contributed by atoms with Crippen molar-refractivity contribution in [3.05, 3.63) is 28.2 Å². The number of amides is 2. The topological polar surface area (TPSA) is 52.7 Å². The molecular formula is C17H23Cl2N3O2. The second-order valence-electron chi connectivity index (χ2n) is 6.34. The molecule has 1 unspecified atom stereocenters. The molecule has 1 aliphatic heterocycles. The van der Waals surface area contributed by atoms with E-state index < -0.39 is 0 Å². The van der Waals surface area contributed by atoms with Gasteiger partial charge in [-0.15, -0.1) is 0 Å². The van der Waals surface area contributed by atoms with E-state index in [0.29, 0.717) is 41.9 Å². The summed E-state index contributed by atoms with van der Waals surface area (Å²) < 4.78 is 0. The predicted octanol–water partition coefficient (Wildman–Crippen LogP) is 3.12. The molecule has 0 radical (unpaired) electrons. The van der Waals surface area contributed by atoms with Crippen molar-refractivity contribution < 1.29 is 9.59 Å². The SMILES string of the molecule is CC(C)C(=O)N1CCN(C(C)C(=O)Nc2cc(Cl)cc(Cl)c2)CC1. The van der Waals surface area contributed by atoms with Gasteiger partial charge in [0, 0.05) is 47.8 Å². The second-order valence-corrected chi connectivity index (χ2v) is 7.21. The predicted molar refractivity (Wildman–Crippen MR) is 97.5 cm³/mol. The van der Waals surface area contributed by atoms with Gasteiger partial charge in [0.25, 0.3) is 0 Å². The Hall–Kier alpha value is -1.30. The smallest absolute Gasteiger partial charge is 0.241 e. The van der Waals surface area contributed by atoms with Gasteiger partial charge in [0.1, 0.15) is 0 Å². The number of carbonyl (C=O) groups is 2. The van der Waals surface area contributed by atoms with Crippen LogP contribution in [0.4, 0.5) is 5.69 Å². The van der Waals surface area contributed by atoms with E-state index in [1.807, 2.05) is 25.7 Å². The van der Waals surface area contributed by atoms with Crippen LogP contribution in [0, 0.1) is 5.92 Å². The minimum Gasteiger partial charge on any atom is -0.340 e. The number of nitrogens with one attached hydrogen (secondary N) is 1. The van der Waals surface area contributed by atoms with Gasteiger partial charge < -0.3 is 10.2 Å². The molecule has 1 fully saturated rings. The highest BCUT2D eigenvalue weighted by Gasteiger charge is 2.28. The number of carbonyl (C=O) groups excluding carboxylic acids is 2. The molecule has 1 heterocycles. The van der Waals surface area contributed by atoms with Crippen molar-refractivity contribution in [1.29, 1.82) is 0 Å². The number of rotatable bonds is 4. The van der Waals surface area contributed by atoms with Gasteiger partial charge in [0.15, 0.2) is 0 Å². The van der Waals surface area contributed by atoms with Crippen molar-refractivity contribution in [2.24, 2.45) is 5.92 Å². The Kier molecular flexibility index (Phi) is 6.49. The van der Waals surface area contributed by atoms with Crippen LogP contribution in [-0.4, -0.2) is 53.8 Å². The first-order valence-corrected chi connectivity index (χ1v) is 8.83. The molecule has 5 nitrogen and oxygen atoms in total. The second kappa shape index (κ2) is 8.19. The van der Waals surface area contributed by atoms with E-state index in [9.17, 15) is 9.59 Å². The Balaban J connectivity index is 1.91. The zero-order valence-corrected chi connectivity index (χ0v) is 15.7. The molecule has 1 aromatic rings. The highest BCUT2D eigenvalue weighted by Crippen LogP contribution is 2.23. The molecule has 7 heteroatoms. The first-order valence-electron chi connectivity index (χ1n) is 8.07. The molecule has 24 heavy (non-hydrogen) atoms. The van der Waals surface area contributed by atoms with Crippen molar-refractivity contribution in [3.63, 3.8) is 0 Å². The van der Waals surface area contributed by atoms with Crippen molar-refractivity contribution in [1.82, 2.24) is 9.80 Å². The maximum Gasteiger partial charge on any atom is 0.241 e. The van der Waals surface area contributed by atoms with Crippen LogP contribution in [-0.2, 0) is 9.59 Å². The number of anilines is 1. The Labute approximate surface area is 152 Å². The van der Waals surface area contributed by atoms with Crippen LogP contribution in [0.1, 0.15) is 20.8 Å². The van der Waals surface area contributed by atoms with Gasteiger partial charge in [-0.25, -0.2) is 0 Å². The summed E-state index contributed by atoms with van der Waals surface area (Å²) in [5.74, 6) is 0.0575. The Morgan fingerprint density at radius 2 is 1.54 bits per heavy atom. The molecule has 0 bridgehead atoms. The summed E-state index contributed by atoms with van der Waals surface area (Å²) in [5, 5.41) is 3.80. The van der Waals surface area contributed by atoms with E-state index in [1.165, 1.54) is 0 Å². The van der Waals surface area contributed by atoms with Crippen LogP contribution in [0.2, 0.25) is 10.0 Å². The van der Waals surface area contributed by atoms with Crippen LogP contribution in [0.25, 0.3) is 0 Å². The molecule has 2 rings (SSSR count). The summed E-state index contributed by atoms with van der Waals surface area (Å²) in [6, 6.07) is 4.65. The highest BCUT2D eigenvalue weighted by atomic mass is 35.5. The fourth-order valence-electron chi connectivity index (χ4n) is 2.73. The minimum atomic E-state index is -0.293. The van der Waals surface area contributed by atoms with Crippen molar-refractivity contribution in [3.8, 4) is 0 Å². The van der Waals surface area contributed by atoms with E-state index in [-0.39, 0.29) is 23.8 Å². The lowest BCUT2D eigenvalue weighted by atomic mass is 10.1. The van der Waals surface area contributed by atoms with Gasteiger partial charge in [0.2, 0.25) is 11.8 Å². The zero-order valence-electron chi connectivity index (χ0n) is 14.2. The third-order valence-electron chi connectivity index (χ3n) is 4.18. The van der Waals surface area contributed by atoms with E-state index in [0.717, 1.165) is 0 Å². The normalized spacial score (nSPS) is 17.0.